The van der Waals surface area contributed by atoms with Gasteiger partial charge in [-0.05, 0) is 6.54 Å². The number of imidazole rings is 1. The van der Waals surface area contributed by atoms with E-state index in [1.165, 1.54) is 5.69 Å². The summed E-state index contributed by atoms with van der Waals surface area (Å²) in [6.07, 6.45) is 2.99. The predicted molar refractivity (Wildman–Crippen MR) is 84.6 cm³/mol. The number of hydrogen-bond donors (Lipinski definition) is 1. The summed E-state index contributed by atoms with van der Waals surface area (Å²) in [4.78, 5) is 8.35. The number of rotatable bonds is 3. The van der Waals surface area contributed by atoms with Crippen molar-refractivity contribution < 1.29 is 0 Å². The van der Waals surface area contributed by atoms with Gasteiger partial charge in [-0.15, -0.1) is 11.3 Å². The molecule has 1 saturated heterocycles. The van der Waals surface area contributed by atoms with Crippen molar-refractivity contribution in [1.82, 2.24) is 9.38 Å². The molecule has 2 N–H and O–H groups in total. The van der Waals surface area contributed by atoms with Crippen molar-refractivity contribution in [3.05, 3.63) is 17.3 Å². The third-order valence-electron chi connectivity index (χ3n) is 3.44. The largest absolute Gasteiger partial charge is 0.353 e. The molecule has 19 heavy (non-hydrogen) atoms. The average molecular weight is 296 g/mol. The fourth-order valence-electron chi connectivity index (χ4n) is 2.79. The first kappa shape index (κ1) is 13.3. The van der Waals surface area contributed by atoms with Gasteiger partial charge in [0.25, 0.3) is 0 Å². The molecule has 2 atom stereocenters. The lowest BCUT2D eigenvalue weighted by atomic mass is 10.2. The summed E-state index contributed by atoms with van der Waals surface area (Å²) in [6.45, 7) is 7.43. The number of aromatic nitrogens is 2. The van der Waals surface area contributed by atoms with Crippen LogP contribution in [0.25, 0.3) is 4.96 Å². The molecule has 1 aliphatic heterocycles. The zero-order valence-corrected chi connectivity index (χ0v) is 13.0. The van der Waals surface area contributed by atoms with Gasteiger partial charge in [0.2, 0.25) is 0 Å². The molecule has 104 valence electrons. The van der Waals surface area contributed by atoms with Crippen LogP contribution in [-0.2, 0) is 6.42 Å². The first-order valence-electron chi connectivity index (χ1n) is 6.74. The van der Waals surface area contributed by atoms with Gasteiger partial charge >= 0.3 is 0 Å². The van der Waals surface area contributed by atoms with Crippen LogP contribution < -0.4 is 10.6 Å². The quantitative estimate of drug-likeness (QED) is 0.943. The lowest BCUT2D eigenvalue weighted by Crippen LogP contribution is -2.41. The zero-order chi connectivity index (χ0) is 13.4. The van der Waals surface area contributed by atoms with Gasteiger partial charge in [-0.2, -0.15) is 11.8 Å². The summed E-state index contributed by atoms with van der Waals surface area (Å²) in [5.41, 5.74) is 7.04. The summed E-state index contributed by atoms with van der Waals surface area (Å²) in [5, 5.41) is 3.41. The van der Waals surface area contributed by atoms with Crippen LogP contribution in [0.5, 0.6) is 0 Å². The molecule has 6 heteroatoms. The maximum absolute atomic E-state index is 5.77. The molecule has 0 radical (unpaired) electrons. The van der Waals surface area contributed by atoms with E-state index in [1.54, 1.807) is 11.3 Å². The van der Waals surface area contributed by atoms with Crippen molar-refractivity contribution in [3.63, 3.8) is 0 Å². The number of fused-ring (bicyclic) bond motifs is 1. The molecule has 0 spiro atoms. The highest BCUT2D eigenvalue weighted by atomic mass is 32.2. The van der Waals surface area contributed by atoms with E-state index < -0.39 is 0 Å². The van der Waals surface area contributed by atoms with Gasteiger partial charge in [-0.3, -0.25) is 4.40 Å². The molecule has 3 rings (SSSR count). The van der Waals surface area contributed by atoms with E-state index >= 15 is 0 Å². The van der Waals surface area contributed by atoms with Crippen LogP contribution in [0.2, 0.25) is 0 Å². The molecule has 4 nitrogen and oxygen atoms in total. The zero-order valence-electron chi connectivity index (χ0n) is 11.4. The molecular formula is C13H20N4S2. The molecule has 0 saturated carbocycles. The normalized spacial score (nSPS) is 24.3. The summed E-state index contributed by atoms with van der Waals surface area (Å²) >= 11 is 3.76. The number of anilines is 1. The Bertz CT molecular complexity index is 552. The highest BCUT2D eigenvalue weighted by molar-refractivity contribution is 8.00. The molecule has 0 amide bonds. The van der Waals surface area contributed by atoms with Gasteiger partial charge in [-0.25, -0.2) is 4.98 Å². The lowest BCUT2D eigenvalue weighted by Gasteiger charge is -2.35. The standard InChI is InChI=1S/C13H20N4S2/c1-9-7-16(8-10(2)19-9)12-11(3-4-14)17-5-6-18-13(17)15-12/h5-6,9-10H,3-4,7-8,14H2,1-2H3. The van der Waals surface area contributed by atoms with Crippen molar-refractivity contribution in [3.8, 4) is 0 Å². The third kappa shape index (κ3) is 2.49. The highest BCUT2D eigenvalue weighted by Crippen LogP contribution is 2.31. The summed E-state index contributed by atoms with van der Waals surface area (Å²) in [7, 11) is 0. The maximum atomic E-state index is 5.77. The Morgan fingerprint density at radius 2 is 2.11 bits per heavy atom. The van der Waals surface area contributed by atoms with E-state index in [4.69, 9.17) is 10.7 Å². The van der Waals surface area contributed by atoms with Crippen molar-refractivity contribution in [2.45, 2.75) is 30.8 Å². The minimum absolute atomic E-state index is 0.661. The Labute approximate surface area is 122 Å². The minimum Gasteiger partial charge on any atom is -0.353 e. The second-order valence-electron chi connectivity index (χ2n) is 5.14. The van der Waals surface area contributed by atoms with Crippen molar-refractivity contribution in [2.24, 2.45) is 5.73 Å². The summed E-state index contributed by atoms with van der Waals surface area (Å²) in [5.74, 6) is 1.15. The SMILES string of the molecule is CC1CN(c2nc3sccn3c2CCN)CC(C)S1. The highest BCUT2D eigenvalue weighted by Gasteiger charge is 2.26. The number of thioether (sulfide) groups is 1. The molecule has 2 unspecified atom stereocenters. The molecule has 1 aliphatic rings. The smallest absolute Gasteiger partial charge is 0.195 e. The van der Waals surface area contributed by atoms with E-state index in [9.17, 15) is 0 Å². The Hall–Kier alpha value is -0.720. The van der Waals surface area contributed by atoms with E-state index in [1.807, 2.05) is 0 Å². The molecule has 2 aromatic heterocycles. The van der Waals surface area contributed by atoms with Crippen LogP contribution >= 0.6 is 23.1 Å². The number of nitrogens with two attached hydrogens (primary N) is 1. The summed E-state index contributed by atoms with van der Waals surface area (Å²) in [6, 6.07) is 0. The van der Waals surface area contributed by atoms with E-state index in [0.29, 0.717) is 17.0 Å². The lowest BCUT2D eigenvalue weighted by molar-refractivity contribution is 0.714. The number of nitrogens with zero attached hydrogens (tertiary/aromatic N) is 3. The molecule has 0 aliphatic carbocycles. The van der Waals surface area contributed by atoms with Gasteiger partial charge in [0.1, 0.15) is 0 Å². The van der Waals surface area contributed by atoms with Crippen LogP contribution in [0.1, 0.15) is 19.5 Å². The van der Waals surface area contributed by atoms with Crippen LogP contribution in [0.3, 0.4) is 0 Å². The molecule has 0 bridgehead atoms. The predicted octanol–water partition coefficient (Wildman–Crippen LogP) is 2.23. The first-order chi connectivity index (χ1) is 9.19. The van der Waals surface area contributed by atoms with Gasteiger partial charge in [-0.1, -0.05) is 13.8 Å². The molecule has 3 heterocycles. The average Bonchev–Trinajstić information content (AvgIpc) is 2.90. The van der Waals surface area contributed by atoms with Gasteiger partial charge in [0.05, 0.1) is 5.69 Å². The molecule has 0 aromatic carbocycles. The van der Waals surface area contributed by atoms with E-state index in [2.05, 4.69) is 46.5 Å². The maximum Gasteiger partial charge on any atom is 0.195 e. The van der Waals surface area contributed by atoms with Gasteiger partial charge < -0.3 is 10.6 Å². The van der Waals surface area contributed by atoms with E-state index in [0.717, 1.165) is 30.3 Å². The summed E-state index contributed by atoms with van der Waals surface area (Å²) < 4.78 is 2.20. The fourth-order valence-corrected chi connectivity index (χ4v) is 4.85. The van der Waals surface area contributed by atoms with Crippen LogP contribution in [0, 0.1) is 0 Å². The molecule has 1 fully saturated rings. The second kappa shape index (κ2) is 5.34. The Kier molecular flexibility index (Phi) is 3.73. The topological polar surface area (TPSA) is 46.6 Å². The fraction of sp³-hybridized carbons (Fsp3) is 0.615. The Morgan fingerprint density at radius 3 is 2.79 bits per heavy atom. The monoisotopic (exact) mass is 296 g/mol. The first-order valence-corrected chi connectivity index (χ1v) is 8.56. The minimum atomic E-state index is 0.661. The second-order valence-corrected chi connectivity index (χ2v) is 7.89. The Morgan fingerprint density at radius 1 is 1.37 bits per heavy atom. The van der Waals surface area contributed by atoms with Crippen LogP contribution in [-0.4, -0.2) is 39.5 Å². The van der Waals surface area contributed by atoms with Crippen molar-refractivity contribution >= 4 is 33.9 Å². The van der Waals surface area contributed by atoms with Crippen molar-refractivity contribution in [2.75, 3.05) is 24.5 Å². The number of thiazole rings is 1. The molecule has 2 aromatic rings. The van der Waals surface area contributed by atoms with Gasteiger partial charge in [0, 0.05) is 41.6 Å². The van der Waals surface area contributed by atoms with Crippen molar-refractivity contribution in [1.29, 1.82) is 0 Å². The van der Waals surface area contributed by atoms with Crippen LogP contribution in [0.4, 0.5) is 5.82 Å². The Balaban J connectivity index is 1.98. The third-order valence-corrected chi connectivity index (χ3v) is 5.42. The van der Waals surface area contributed by atoms with Gasteiger partial charge in [0.15, 0.2) is 10.8 Å². The van der Waals surface area contributed by atoms with E-state index in [-0.39, 0.29) is 0 Å². The number of hydrogen-bond acceptors (Lipinski definition) is 5. The molecular weight excluding hydrogens is 276 g/mol. The van der Waals surface area contributed by atoms with Crippen LogP contribution in [0.15, 0.2) is 11.6 Å².